The summed E-state index contributed by atoms with van der Waals surface area (Å²) in [6.07, 6.45) is 3.10. The van der Waals surface area contributed by atoms with E-state index in [0.29, 0.717) is 0 Å². The van der Waals surface area contributed by atoms with Gasteiger partial charge in [-0.2, -0.15) is 0 Å². The van der Waals surface area contributed by atoms with Gasteiger partial charge in [0.1, 0.15) is 11.3 Å². The molecule has 7 nitrogen and oxygen atoms in total. The largest absolute Gasteiger partial charge is 0.461 e. The summed E-state index contributed by atoms with van der Waals surface area (Å²) < 4.78 is 5.90. The predicted molar refractivity (Wildman–Crippen MR) is 120 cm³/mol. The standard InChI is InChI=1S/C23H33N5O2/c1-18(22(29)27-11-5-6-12-27)26-13-15-28(16-14-26)23(24-2)25-10-9-20-17-19-7-3-4-8-21(19)30-20/h3-4,7-8,17-18H,5-6,9-16H2,1-2H3,(H,24,25). The van der Waals surface area contributed by atoms with Gasteiger partial charge in [0, 0.05) is 64.7 Å². The van der Waals surface area contributed by atoms with Crippen molar-refractivity contribution in [2.45, 2.75) is 32.2 Å². The number of carbonyl (C=O) groups excluding carboxylic acids is 1. The second-order valence-corrected chi connectivity index (χ2v) is 8.21. The summed E-state index contributed by atoms with van der Waals surface area (Å²) >= 11 is 0. The fraction of sp³-hybridized carbons (Fsp3) is 0.565. The summed E-state index contributed by atoms with van der Waals surface area (Å²) in [5.41, 5.74) is 0.936. The molecule has 0 spiro atoms. The van der Waals surface area contributed by atoms with Gasteiger partial charge in [0.15, 0.2) is 5.96 Å². The summed E-state index contributed by atoms with van der Waals surface area (Å²) in [7, 11) is 1.83. The molecule has 3 heterocycles. The molecule has 0 bridgehead atoms. The van der Waals surface area contributed by atoms with Crippen LogP contribution in [-0.4, -0.2) is 85.5 Å². The highest BCUT2D eigenvalue weighted by atomic mass is 16.3. The molecule has 2 fully saturated rings. The molecule has 2 aliphatic heterocycles. The number of amides is 1. The number of furan rings is 1. The Morgan fingerprint density at radius 2 is 1.83 bits per heavy atom. The normalized spacial score (nSPS) is 19.5. The van der Waals surface area contributed by atoms with Crippen molar-refractivity contribution < 1.29 is 9.21 Å². The van der Waals surface area contributed by atoms with Crippen molar-refractivity contribution in [1.82, 2.24) is 20.0 Å². The highest BCUT2D eigenvalue weighted by molar-refractivity contribution is 5.82. The highest BCUT2D eigenvalue weighted by Gasteiger charge is 2.30. The number of hydrogen-bond acceptors (Lipinski definition) is 4. The van der Waals surface area contributed by atoms with Crippen LogP contribution in [0.1, 0.15) is 25.5 Å². The molecule has 4 rings (SSSR count). The van der Waals surface area contributed by atoms with E-state index in [2.05, 4.69) is 39.2 Å². The van der Waals surface area contributed by atoms with E-state index in [0.717, 1.165) is 87.8 Å². The Balaban J connectivity index is 1.24. The average molecular weight is 412 g/mol. The number of likely N-dealkylation sites (tertiary alicyclic amines) is 1. The molecular weight excluding hydrogens is 378 g/mol. The SMILES string of the molecule is CN=C(NCCc1cc2ccccc2o1)N1CCN(C(C)C(=O)N2CCCC2)CC1. The summed E-state index contributed by atoms with van der Waals surface area (Å²) in [5.74, 6) is 2.19. The minimum absolute atomic E-state index is 0.0340. The minimum Gasteiger partial charge on any atom is -0.461 e. The van der Waals surface area contributed by atoms with Crippen LogP contribution in [0.15, 0.2) is 39.7 Å². The number of aliphatic imine (C=N–C) groups is 1. The third-order valence-corrected chi connectivity index (χ3v) is 6.28. The van der Waals surface area contributed by atoms with Crippen molar-refractivity contribution in [2.24, 2.45) is 4.99 Å². The van der Waals surface area contributed by atoms with Crippen LogP contribution in [0, 0.1) is 0 Å². The van der Waals surface area contributed by atoms with Crippen LogP contribution in [0.25, 0.3) is 11.0 Å². The van der Waals surface area contributed by atoms with Crippen molar-refractivity contribution in [3.8, 4) is 0 Å². The van der Waals surface area contributed by atoms with Gasteiger partial charge in [-0.15, -0.1) is 0 Å². The maximum atomic E-state index is 12.7. The van der Waals surface area contributed by atoms with Crippen LogP contribution in [0.4, 0.5) is 0 Å². The Labute approximate surface area is 178 Å². The topological polar surface area (TPSA) is 64.3 Å². The summed E-state index contributed by atoms with van der Waals surface area (Å²) in [4.78, 5) is 23.8. The molecule has 2 aliphatic rings. The van der Waals surface area contributed by atoms with Crippen LogP contribution >= 0.6 is 0 Å². The van der Waals surface area contributed by atoms with Gasteiger partial charge in [-0.3, -0.25) is 14.7 Å². The molecular formula is C23H33N5O2. The smallest absolute Gasteiger partial charge is 0.239 e. The fourth-order valence-corrected chi connectivity index (χ4v) is 4.47. The monoisotopic (exact) mass is 411 g/mol. The minimum atomic E-state index is -0.0340. The Bertz CT molecular complexity index is 846. The Morgan fingerprint density at radius 3 is 2.53 bits per heavy atom. The van der Waals surface area contributed by atoms with Crippen LogP contribution in [0.5, 0.6) is 0 Å². The lowest BCUT2D eigenvalue weighted by molar-refractivity contribution is -0.135. The van der Waals surface area contributed by atoms with Gasteiger partial charge in [-0.1, -0.05) is 18.2 Å². The molecule has 1 unspecified atom stereocenters. The maximum absolute atomic E-state index is 12.7. The van der Waals surface area contributed by atoms with Crippen LogP contribution in [0.3, 0.4) is 0 Å². The first kappa shape index (κ1) is 20.7. The zero-order valence-corrected chi connectivity index (χ0v) is 18.1. The molecule has 1 aromatic heterocycles. The second kappa shape index (κ2) is 9.51. The van der Waals surface area contributed by atoms with Crippen molar-refractivity contribution >= 4 is 22.8 Å². The van der Waals surface area contributed by atoms with E-state index in [9.17, 15) is 4.79 Å². The molecule has 1 aromatic carbocycles. The molecule has 1 amide bonds. The summed E-state index contributed by atoms with van der Waals surface area (Å²) in [6.45, 7) is 8.18. The molecule has 1 atom stereocenters. The van der Waals surface area contributed by atoms with Crippen molar-refractivity contribution in [3.63, 3.8) is 0 Å². The number of benzene rings is 1. The maximum Gasteiger partial charge on any atom is 0.239 e. The van der Waals surface area contributed by atoms with Gasteiger partial charge in [-0.05, 0) is 31.9 Å². The first-order chi connectivity index (χ1) is 14.7. The van der Waals surface area contributed by atoms with Crippen molar-refractivity contribution in [2.75, 3.05) is 52.9 Å². The third-order valence-electron chi connectivity index (χ3n) is 6.28. The van der Waals surface area contributed by atoms with Crippen molar-refractivity contribution in [1.29, 1.82) is 0 Å². The van der Waals surface area contributed by atoms with Gasteiger partial charge < -0.3 is 19.5 Å². The van der Waals surface area contributed by atoms with Gasteiger partial charge in [0.2, 0.25) is 5.91 Å². The van der Waals surface area contributed by atoms with E-state index in [4.69, 9.17) is 4.42 Å². The number of piperazine rings is 1. The van der Waals surface area contributed by atoms with E-state index in [-0.39, 0.29) is 11.9 Å². The molecule has 1 N–H and O–H groups in total. The van der Waals surface area contributed by atoms with E-state index >= 15 is 0 Å². The third kappa shape index (κ3) is 4.61. The van der Waals surface area contributed by atoms with E-state index < -0.39 is 0 Å². The number of carbonyl (C=O) groups is 1. The van der Waals surface area contributed by atoms with Crippen molar-refractivity contribution in [3.05, 3.63) is 36.1 Å². The second-order valence-electron chi connectivity index (χ2n) is 8.21. The number of nitrogens with one attached hydrogen (secondary N) is 1. The number of hydrogen-bond donors (Lipinski definition) is 1. The number of nitrogens with zero attached hydrogens (tertiary/aromatic N) is 4. The van der Waals surface area contributed by atoms with E-state index in [1.165, 1.54) is 0 Å². The summed E-state index contributed by atoms with van der Waals surface area (Å²) in [5, 5.41) is 4.61. The quantitative estimate of drug-likeness (QED) is 0.604. The van der Waals surface area contributed by atoms with E-state index in [1.54, 1.807) is 0 Å². The number of guanidine groups is 1. The lowest BCUT2D eigenvalue weighted by Gasteiger charge is -2.39. The summed E-state index contributed by atoms with van der Waals surface area (Å²) in [6, 6.07) is 10.2. The lowest BCUT2D eigenvalue weighted by atomic mass is 10.2. The first-order valence-corrected chi connectivity index (χ1v) is 11.1. The molecule has 162 valence electrons. The van der Waals surface area contributed by atoms with Gasteiger partial charge in [0.25, 0.3) is 0 Å². The van der Waals surface area contributed by atoms with E-state index in [1.807, 2.05) is 30.1 Å². The van der Waals surface area contributed by atoms with Crippen LogP contribution in [0.2, 0.25) is 0 Å². The molecule has 0 saturated carbocycles. The van der Waals surface area contributed by atoms with Gasteiger partial charge in [-0.25, -0.2) is 0 Å². The van der Waals surface area contributed by atoms with Gasteiger partial charge >= 0.3 is 0 Å². The zero-order valence-electron chi connectivity index (χ0n) is 18.1. The predicted octanol–water partition coefficient (Wildman–Crippen LogP) is 2.18. The Kier molecular flexibility index (Phi) is 6.57. The number of rotatable bonds is 5. The highest BCUT2D eigenvalue weighted by Crippen LogP contribution is 2.19. The zero-order chi connectivity index (χ0) is 20.9. The first-order valence-electron chi connectivity index (χ1n) is 11.1. The number of fused-ring (bicyclic) bond motifs is 1. The fourth-order valence-electron chi connectivity index (χ4n) is 4.47. The Morgan fingerprint density at radius 1 is 1.10 bits per heavy atom. The molecule has 30 heavy (non-hydrogen) atoms. The molecule has 2 aromatic rings. The molecule has 7 heteroatoms. The lowest BCUT2D eigenvalue weighted by Crippen LogP contribution is -2.57. The molecule has 2 saturated heterocycles. The molecule has 0 aliphatic carbocycles. The average Bonchev–Trinajstić information content (AvgIpc) is 3.45. The number of para-hydroxylation sites is 1. The molecule has 0 radical (unpaired) electrons. The van der Waals surface area contributed by atoms with Crippen LogP contribution in [-0.2, 0) is 11.2 Å². The van der Waals surface area contributed by atoms with Crippen LogP contribution < -0.4 is 5.32 Å². The van der Waals surface area contributed by atoms with Gasteiger partial charge in [0.05, 0.1) is 6.04 Å². The Hall–Kier alpha value is -2.54.